The minimum absolute atomic E-state index is 0.0176. The van der Waals surface area contributed by atoms with E-state index in [0.717, 1.165) is 40.3 Å². The molecule has 0 spiro atoms. The quantitative estimate of drug-likeness (QED) is 0.676. The number of carbonyl (C=O) groups excluding carboxylic acids is 1. The SMILES string of the molecule is CC1(C)CC(=O)c2c[nH]c(-c3ccccc3Oc3ccccc3)c2C1. The zero-order chi connectivity index (χ0) is 17.4. The summed E-state index contributed by atoms with van der Waals surface area (Å²) < 4.78 is 6.10. The number of ketones is 1. The van der Waals surface area contributed by atoms with Crippen molar-refractivity contribution >= 4 is 5.78 Å². The molecule has 3 nitrogen and oxygen atoms in total. The van der Waals surface area contributed by atoms with Crippen LogP contribution in [0.25, 0.3) is 11.3 Å². The zero-order valence-corrected chi connectivity index (χ0v) is 14.5. The van der Waals surface area contributed by atoms with Gasteiger partial charge in [0.15, 0.2) is 5.78 Å². The first kappa shape index (κ1) is 15.7. The van der Waals surface area contributed by atoms with E-state index in [1.165, 1.54) is 0 Å². The summed E-state index contributed by atoms with van der Waals surface area (Å²) in [5.41, 5.74) is 3.88. The highest BCUT2D eigenvalue weighted by atomic mass is 16.5. The molecule has 0 aliphatic heterocycles. The summed E-state index contributed by atoms with van der Waals surface area (Å²) in [5.74, 6) is 1.80. The molecule has 0 atom stereocenters. The normalized spacial score (nSPS) is 15.7. The first-order chi connectivity index (χ1) is 12.0. The maximum atomic E-state index is 12.5. The number of rotatable bonds is 3. The third-order valence-corrected chi connectivity index (χ3v) is 4.71. The fraction of sp³-hybridized carbons (Fsp3) is 0.227. The Morgan fingerprint density at radius 2 is 1.64 bits per heavy atom. The Kier molecular flexibility index (Phi) is 3.72. The van der Waals surface area contributed by atoms with Crippen molar-refractivity contribution < 1.29 is 9.53 Å². The first-order valence-corrected chi connectivity index (χ1v) is 8.59. The van der Waals surface area contributed by atoms with E-state index in [0.29, 0.717) is 6.42 Å². The number of hydrogen-bond donors (Lipinski definition) is 1. The average Bonchev–Trinajstić information content (AvgIpc) is 2.99. The third-order valence-electron chi connectivity index (χ3n) is 4.71. The zero-order valence-electron chi connectivity index (χ0n) is 14.5. The minimum Gasteiger partial charge on any atom is -0.457 e. The smallest absolute Gasteiger partial charge is 0.165 e. The number of Topliss-reactive ketones (excluding diaryl/α,β-unsaturated/α-hetero) is 1. The number of ether oxygens (including phenoxy) is 1. The van der Waals surface area contributed by atoms with Crippen LogP contribution in [0.4, 0.5) is 0 Å². The lowest BCUT2D eigenvalue weighted by Crippen LogP contribution is -2.26. The van der Waals surface area contributed by atoms with Gasteiger partial charge in [0.05, 0.1) is 5.69 Å². The summed E-state index contributed by atoms with van der Waals surface area (Å²) in [7, 11) is 0. The van der Waals surface area contributed by atoms with E-state index in [1.54, 1.807) is 0 Å². The van der Waals surface area contributed by atoms with Crippen molar-refractivity contribution in [3.8, 4) is 22.8 Å². The monoisotopic (exact) mass is 331 g/mol. The Hall–Kier alpha value is -2.81. The molecule has 1 heterocycles. The molecule has 1 aromatic heterocycles. The van der Waals surface area contributed by atoms with Crippen LogP contribution in [0.15, 0.2) is 60.8 Å². The number of aromatic nitrogens is 1. The summed E-state index contributed by atoms with van der Waals surface area (Å²) in [4.78, 5) is 15.8. The Labute approximate surface area is 147 Å². The van der Waals surface area contributed by atoms with Gasteiger partial charge < -0.3 is 9.72 Å². The number of para-hydroxylation sites is 2. The molecule has 1 aliphatic carbocycles. The second-order valence-corrected chi connectivity index (χ2v) is 7.41. The number of hydrogen-bond acceptors (Lipinski definition) is 2. The first-order valence-electron chi connectivity index (χ1n) is 8.59. The van der Waals surface area contributed by atoms with Gasteiger partial charge in [0, 0.05) is 23.7 Å². The van der Waals surface area contributed by atoms with E-state index < -0.39 is 0 Å². The molecule has 0 amide bonds. The Morgan fingerprint density at radius 1 is 0.920 bits per heavy atom. The third kappa shape index (κ3) is 2.98. The molecule has 25 heavy (non-hydrogen) atoms. The van der Waals surface area contributed by atoms with Gasteiger partial charge in [-0.05, 0) is 41.7 Å². The highest BCUT2D eigenvalue weighted by molar-refractivity contribution is 6.01. The number of aromatic amines is 1. The van der Waals surface area contributed by atoms with Crippen LogP contribution < -0.4 is 4.74 Å². The molecule has 126 valence electrons. The van der Waals surface area contributed by atoms with Gasteiger partial charge >= 0.3 is 0 Å². The van der Waals surface area contributed by atoms with E-state index in [4.69, 9.17) is 4.74 Å². The van der Waals surface area contributed by atoms with Gasteiger partial charge in [-0.2, -0.15) is 0 Å². The van der Waals surface area contributed by atoms with Crippen molar-refractivity contribution in [3.05, 3.63) is 71.9 Å². The van der Waals surface area contributed by atoms with E-state index in [9.17, 15) is 4.79 Å². The average molecular weight is 331 g/mol. The van der Waals surface area contributed by atoms with Crippen molar-refractivity contribution in [2.45, 2.75) is 26.7 Å². The lowest BCUT2D eigenvalue weighted by Gasteiger charge is -2.29. The number of carbonyl (C=O) groups is 1. The van der Waals surface area contributed by atoms with Gasteiger partial charge in [-0.25, -0.2) is 0 Å². The predicted octanol–water partition coefficient (Wildman–Crippen LogP) is 5.63. The summed E-state index contributed by atoms with van der Waals surface area (Å²) in [6.07, 6.45) is 3.33. The molecule has 0 saturated heterocycles. The standard InChI is InChI=1S/C22H21NO2/c1-22(2)12-17-18(19(24)13-22)14-23-21(17)16-10-6-7-11-20(16)25-15-8-4-3-5-9-15/h3-11,14,23H,12-13H2,1-2H3. The molecule has 1 aliphatic rings. The van der Waals surface area contributed by atoms with E-state index >= 15 is 0 Å². The van der Waals surface area contributed by atoms with Crippen LogP contribution in [0.1, 0.15) is 36.2 Å². The van der Waals surface area contributed by atoms with E-state index in [2.05, 4.69) is 18.8 Å². The van der Waals surface area contributed by atoms with Crippen molar-refractivity contribution in [1.82, 2.24) is 4.98 Å². The maximum Gasteiger partial charge on any atom is 0.165 e. The van der Waals surface area contributed by atoms with Gasteiger partial charge in [0.1, 0.15) is 11.5 Å². The molecule has 0 unspecified atom stereocenters. The maximum absolute atomic E-state index is 12.5. The Morgan fingerprint density at radius 3 is 2.44 bits per heavy atom. The topological polar surface area (TPSA) is 42.1 Å². The van der Waals surface area contributed by atoms with Crippen molar-refractivity contribution in [2.24, 2.45) is 5.41 Å². The van der Waals surface area contributed by atoms with Gasteiger partial charge in [0.2, 0.25) is 0 Å². The van der Waals surface area contributed by atoms with Crippen LogP contribution in [-0.4, -0.2) is 10.8 Å². The Balaban J connectivity index is 1.78. The molecule has 2 aromatic carbocycles. The molecule has 0 fully saturated rings. The number of nitrogens with one attached hydrogen (secondary N) is 1. The van der Waals surface area contributed by atoms with Gasteiger partial charge in [-0.1, -0.05) is 44.2 Å². The molecule has 3 heteroatoms. The van der Waals surface area contributed by atoms with Crippen LogP contribution in [0.5, 0.6) is 11.5 Å². The number of H-pyrrole nitrogens is 1. The van der Waals surface area contributed by atoms with E-state index in [1.807, 2.05) is 60.8 Å². The van der Waals surface area contributed by atoms with E-state index in [-0.39, 0.29) is 11.2 Å². The molecule has 3 aromatic rings. The van der Waals surface area contributed by atoms with Crippen molar-refractivity contribution in [3.63, 3.8) is 0 Å². The summed E-state index contributed by atoms with van der Waals surface area (Å²) in [6.45, 7) is 4.30. The van der Waals surface area contributed by atoms with Crippen molar-refractivity contribution in [1.29, 1.82) is 0 Å². The fourth-order valence-corrected chi connectivity index (χ4v) is 3.57. The van der Waals surface area contributed by atoms with Gasteiger partial charge in [-0.3, -0.25) is 4.79 Å². The summed E-state index contributed by atoms with van der Waals surface area (Å²) in [6, 6.07) is 17.7. The van der Waals surface area contributed by atoms with Crippen LogP contribution in [0.2, 0.25) is 0 Å². The highest BCUT2D eigenvalue weighted by Gasteiger charge is 2.34. The summed E-state index contributed by atoms with van der Waals surface area (Å²) in [5, 5.41) is 0. The largest absolute Gasteiger partial charge is 0.457 e. The molecule has 0 bridgehead atoms. The fourth-order valence-electron chi connectivity index (χ4n) is 3.57. The Bertz CT molecular complexity index is 922. The lowest BCUT2D eigenvalue weighted by atomic mass is 9.74. The molecular weight excluding hydrogens is 310 g/mol. The minimum atomic E-state index is -0.0176. The molecular formula is C22H21NO2. The van der Waals surface area contributed by atoms with Crippen LogP contribution in [0.3, 0.4) is 0 Å². The van der Waals surface area contributed by atoms with Crippen LogP contribution >= 0.6 is 0 Å². The lowest BCUT2D eigenvalue weighted by molar-refractivity contribution is 0.0913. The van der Waals surface area contributed by atoms with Gasteiger partial charge in [0.25, 0.3) is 0 Å². The van der Waals surface area contributed by atoms with Crippen LogP contribution in [0, 0.1) is 5.41 Å². The summed E-state index contributed by atoms with van der Waals surface area (Å²) >= 11 is 0. The second-order valence-electron chi connectivity index (χ2n) is 7.41. The second kappa shape index (κ2) is 5.92. The molecule has 1 N–H and O–H groups in total. The predicted molar refractivity (Wildman–Crippen MR) is 99.2 cm³/mol. The molecule has 4 rings (SSSR count). The van der Waals surface area contributed by atoms with Crippen molar-refractivity contribution in [2.75, 3.05) is 0 Å². The van der Waals surface area contributed by atoms with Gasteiger partial charge in [-0.15, -0.1) is 0 Å². The number of benzene rings is 2. The number of fused-ring (bicyclic) bond motifs is 1. The highest BCUT2D eigenvalue weighted by Crippen LogP contribution is 2.42. The molecule has 0 radical (unpaired) electrons. The van der Waals surface area contributed by atoms with Crippen LogP contribution in [-0.2, 0) is 6.42 Å². The molecule has 0 saturated carbocycles.